The number of aromatic amines is 1. The van der Waals surface area contributed by atoms with Crippen LogP contribution in [0.25, 0.3) is 21.7 Å². The van der Waals surface area contributed by atoms with Gasteiger partial charge in [0.2, 0.25) is 5.89 Å². The number of carbonyl (C=O) groups is 1. The minimum atomic E-state index is -0.141. The van der Waals surface area contributed by atoms with Crippen LogP contribution in [0, 0.1) is 6.92 Å². The van der Waals surface area contributed by atoms with Crippen LogP contribution in [0.15, 0.2) is 40.9 Å². The number of amides is 1. The molecule has 25 heavy (non-hydrogen) atoms. The summed E-state index contributed by atoms with van der Waals surface area (Å²) in [7, 11) is 0. The van der Waals surface area contributed by atoms with E-state index in [9.17, 15) is 4.79 Å². The van der Waals surface area contributed by atoms with E-state index in [1.165, 1.54) is 11.3 Å². The van der Waals surface area contributed by atoms with Crippen molar-refractivity contribution >= 4 is 33.8 Å². The molecule has 0 unspecified atom stereocenters. The molecule has 0 aliphatic carbocycles. The largest absolute Gasteiger partial charge is 0.420 e. The van der Waals surface area contributed by atoms with Gasteiger partial charge in [0.1, 0.15) is 0 Å². The molecule has 0 aliphatic heterocycles. The molecule has 0 saturated heterocycles. The van der Waals surface area contributed by atoms with E-state index >= 15 is 0 Å². The average molecular weight is 352 g/mol. The number of hydrogen-bond acceptors (Lipinski definition) is 5. The van der Waals surface area contributed by atoms with Gasteiger partial charge in [-0.15, -0.1) is 21.5 Å². The van der Waals surface area contributed by atoms with E-state index < -0.39 is 0 Å². The summed E-state index contributed by atoms with van der Waals surface area (Å²) in [5.74, 6) is 0.946. The summed E-state index contributed by atoms with van der Waals surface area (Å²) in [4.78, 5) is 17.7. The van der Waals surface area contributed by atoms with Crippen molar-refractivity contribution in [1.29, 1.82) is 0 Å². The normalized spacial score (nSPS) is 11.1. The number of hydrogen-bond donors (Lipinski definition) is 2. The van der Waals surface area contributed by atoms with Crippen molar-refractivity contribution < 1.29 is 9.21 Å². The molecule has 0 bridgehead atoms. The van der Waals surface area contributed by atoms with Crippen molar-refractivity contribution in [2.75, 3.05) is 5.32 Å². The molecule has 6 nitrogen and oxygen atoms in total. The van der Waals surface area contributed by atoms with Gasteiger partial charge >= 0.3 is 0 Å². The molecule has 4 aromatic rings. The molecule has 1 amide bonds. The first-order valence-electron chi connectivity index (χ1n) is 7.96. The Kier molecular flexibility index (Phi) is 3.85. The molecular formula is C18H16N4O2S. The monoisotopic (exact) mass is 352 g/mol. The first-order valence-corrected chi connectivity index (χ1v) is 8.78. The summed E-state index contributed by atoms with van der Waals surface area (Å²) >= 11 is 1.52. The van der Waals surface area contributed by atoms with Crippen LogP contribution in [-0.4, -0.2) is 21.1 Å². The zero-order valence-electron chi connectivity index (χ0n) is 13.8. The van der Waals surface area contributed by atoms with Crippen molar-refractivity contribution in [1.82, 2.24) is 15.2 Å². The highest BCUT2D eigenvalue weighted by Crippen LogP contribution is 2.34. The Labute approximate surface area is 147 Å². The highest BCUT2D eigenvalue weighted by molar-refractivity contribution is 7.15. The van der Waals surface area contributed by atoms with Gasteiger partial charge in [-0.25, -0.2) is 0 Å². The smallest absolute Gasteiger partial charge is 0.257 e. The third kappa shape index (κ3) is 2.83. The first kappa shape index (κ1) is 15.6. The molecule has 0 spiro atoms. The Balaban J connectivity index is 1.62. The maximum Gasteiger partial charge on any atom is 0.257 e. The van der Waals surface area contributed by atoms with Crippen LogP contribution in [0.4, 0.5) is 5.69 Å². The molecule has 4 rings (SSSR count). The molecule has 1 aromatic carbocycles. The van der Waals surface area contributed by atoms with E-state index in [4.69, 9.17) is 4.42 Å². The number of nitrogens with zero attached hydrogens (tertiary/aromatic N) is 2. The first-order chi connectivity index (χ1) is 12.2. The van der Waals surface area contributed by atoms with Crippen LogP contribution >= 0.6 is 11.3 Å². The highest BCUT2D eigenvalue weighted by Gasteiger charge is 2.16. The number of benzene rings is 1. The number of anilines is 1. The molecule has 7 heteroatoms. The van der Waals surface area contributed by atoms with Crippen LogP contribution in [0.3, 0.4) is 0 Å². The molecule has 3 aromatic heterocycles. The van der Waals surface area contributed by atoms with Crippen LogP contribution in [0.1, 0.15) is 28.0 Å². The summed E-state index contributed by atoms with van der Waals surface area (Å²) in [6, 6.07) is 9.41. The fourth-order valence-corrected chi connectivity index (χ4v) is 3.58. The lowest BCUT2D eigenvalue weighted by atomic mass is 10.1. The van der Waals surface area contributed by atoms with Gasteiger partial charge in [0.15, 0.2) is 0 Å². The predicted octanol–water partition coefficient (Wildman–Crippen LogP) is 4.40. The Morgan fingerprint density at radius 3 is 3.00 bits per heavy atom. The van der Waals surface area contributed by atoms with E-state index in [1.54, 1.807) is 0 Å². The highest BCUT2D eigenvalue weighted by atomic mass is 32.1. The predicted molar refractivity (Wildman–Crippen MR) is 98.0 cm³/mol. The average Bonchev–Trinajstić information content (AvgIpc) is 3.33. The molecule has 3 heterocycles. The Bertz CT molecular complexity index is 1060. The molecule has 0 saturated carbocycles. The number of thiophene rings is 1. The lowest BCUT2D eigenvalue weighted by Crippen LogP contribution is -2.12. The fourth-order valence-electron chi connectivity index (χ4n) is 2.68. The van der Waals surface area contributed by atoms with E-state index in [0.717, 1.165) is 26.3 Å². The Morgan fingerprint density at radius 2 is 2.20 bits per heavy atom. The van der Waals surface area contributed by atoms with Crippen molar-refractivity contribution in [3.63, 3.8) is 0 Å². The number of nitrogens with one attached hydrogen (secondary N) is 2. The van der Waals surface area contributed by atoms with E-state index in [2.05, 4.69) is 20.5 Å². The summed E-state index contributed by atoms with van der Waals surface area (Å²) in [5, 5.41) is 11.9. The van der Waals surface area contributed by atoms with Crippen molar-refractivity contribution in [2.24, 2.45) is 0 Å². The molecular weight excluding hydrogens is 336 g/mol. The number of rotatable bonds is 4. The van der Waals surface area contributed by atoms with Crippen molar-refractivity contribution in [3.8, 4) is 10.8 Å². The van der Waals surface area contributed by atoms with Gasteiger partial charge < -0.3 is 14.7 Å². The van der Waals surface area contributed by atoms with Gasteiger partial charge in [0, 0.05) is 34.0 Å². The number of carbonyl (C=O) groups excluding carboxylic acids is 1. The third-order valence-corrected chi connectivity index (χ3v) is 5.02. The standard InChI is InChI=1S/C18H16N4O2S/c1-3-16-21-22-18(24-16)15-9-14(10(2)25-15)20-17(23)12-5-4-6-13-11(12)7-8-19-13/h4-9,19H,3H2,1-2H3,(H,20,23). The minimum Gasteiger partial charge on any atom is -0.420 e. The summed E-state index contributed by atoms with van der Waals surface area (Å²) in [6.07, 6.45) is 2.53. The minimum absolute atomic E-state index is 0.141. The maximum absolute atomic E-state index is 12.7. The number of aryl methyl sites for hydroxylation is 2. The lowest BCUT2D eigenvalue weighted by Gasteiger charge is -2.05. The Hall–Kier alpha value is -2.93. The lowest BCUT2D eigenvalue weighted by molar-refractivity contribution is 0.102. The van der Waals surface area contributed by atoms with Crippen LogP contribution < -0.4 is 5.32 Å². The third-order valence-electron chi connectivity index (χ3n) is 3.99. The Morgan fingerprint density at radius 1 is 1.32 bits per heavy atom. The summed E-state index contributed by atoms with van der Waals surface area (Å²) < 4.78 is 5.60. The second-order valence-corrected chi connectivity index (χ2v) is 6.89. The van der Waals surface area contributed by atoms with E-state index in [1.807, 2.05) is 50.4 Å². The van der Waals surface area contributed by atoms with Gasteiger partial charge in [0.25, 0.3) is 11.8 Å². The topological polar surface area (TPSA) is 83.8 Å². The maximum atomic E-state index is 12.7. The molecule has 0 fully saturated rings. The second kappa shape index (κ2) is 6.18. The van der Waals surface area contributed by atoms with Gasteiger partial charge in [-0.3, -0.25) is 4.79 Å². The van der Waals surface area contributed by atoms with Crippen LogP contribution in [0.2, 0.25) is 0 Å². The van der Waals surface area contributed by atoms with Gasteiger partial charge in [-0.1, -0.05) is 13.0 Å². The van der Waals surface area contributed by atoms with E-state index in [0.29, 0.717) is 23.8 Å². The second-order valence-electron chi connectivity index (χ2n) is 5.63. The number of H-pyrrole nitrogens is 1. The summed E-state index contributed by atoms with van der Waals surface area (Å²) in [6.45, 7) is 3.92. The molecule has 2 N–H and O–H groups in total. The van der Waals surface area contributed by atoms with Crippen LogP contribution in [-0.2, 0) is 6.42 Å². The van der Waals surface area contributed by atoms with Gasteiger partial charge in [0.05, 0.1) is 10.6 Å². The quantitative estimate of drug-likeness (QED) is 0.570. The van der Waals surface area contributed by atoms with Gasteiger partial charge in [-0.2, -0.15) is 0 Å². The van der Waals surface area contributed by atoms with Crippen molar-refractivity contribution in [3.05, 3.63) is 52.9 Å². The van der Waals surface area contributed by atoms with E-state index in [-0.39, 0.29) is 5.91 Å². The summed E-state index contributed by atoms with van der Waals surface area (Å²) in [5.41, 5.74) is 2.33. The number of fused-ring (bicyclic) bond motifs is 1. The SMILES string of the molecule is CCc1nnc(-c2cc(NC(=O)c3cccc4[nH]ccc34)c(C)s2)o1. The fraction of sp³-hybridized carbons (Fsp3) is 0.167. The zero-order valence-corrected chi connectivity index (χ0v) is 14.6. The molecule has 126 valence electrons. The zero-order chi connectivity index (χ0) is 17.4. The molecule has 0 radical (unpaired) electrons. The van der Waals surface area contributed by atoms with Gasteiger partial charge in [-0.05, 0) is 31.2 Å². The van der Waals surface area contributed by atoms with Crippen LogP contribution in [0.5, 0.6) is 0 Å². The molecule has 0 aliphatic rings. The molecule has 0 atom stereocenters. The number of aromatic nitrogens is 3. The van der Waals surface area contributed by atoms with Crippen molar-refractivity contribution in [2.45, 2.75) is 20.3 Å².